The lowest BCUT2D eigenvalue weighted by Crippen LogP contribution is -2.48. The molecule has 1 unspecified atom stereocenters. The number of carbonyl (C=O) groups is 2. The van der Waals surface area contributed by atoms with Gasteiger partial charge in [-0.1, -0.05) is 0 Å². The molecule has 0 saturated carbocycles. The topological polar surface area (TPSA) is 64.7 Å². The summed E-state index contributed by atoms with van der Waals surface area (Å²) in [5, 5.41) is 4.56. The highest BCUT2D eigenvalue weighted by Crippen LogP contribution is 2.17. The minimum absolute atomic E-state index is 0.0133. The van der Waals surface area contributed by atoms with Crippen LogP contribution in [0.1, 0.15) is 19.8 Å². The molecule has 2 aliphatic rings. The number of nitrogens with zero attached hydrogens (tertiary/aromatic N) is 2. The number of nitrogens with one attached hydrogen (secondary N) is 2. The Labute approximate surface area is 101 Å². The Balaban J connectivity index is 1.87. The van der Waals surface area contributed by atoms with Crippen molar-refractivity contribution >= 4 is 11.8 Å². The van der Waals surface area contributed by atoms with Crippen LogP contribution in [0.5, 0.6) is 0 Å². The zero-order chi connectivity index (χ0) is 12.3. The lowest BCUT2D eigenvalue weighted by molar-refractivity contribution is -0.134. The van der Waals surface area contributed by atoms with E-state index in [1.807, 2.05) is 18.1 Å². The second-order valence-corrected chi connectivity index (χ2v) is 4.15. The van der Waals surface area contributed by atoms with E-state index in [4.69, 9.17) is 0 Å². The molecule has 2 N–H and O–H groups in total. The lowest BCUT2D eigenvalue weighted by Gasteiger charge is -2.31. The van der Waals surface area contributed by atoms with Crippen molar-refractivity contribution in [3.63, 3.8) is 0 Å². The molecular formula is C11H18N4O2. The normalized spacial score (nSPS) is 22.9. The molecule has 17 heavy (non-hydrogen) atoms. The largest absolute Gasteiger partial charge is 0.356 e. The van der Waals surface area contributed by atoms with E-state index in [0.29, 0.717) is 19.5 Å². The van der Waals surface area contributed by atoms with Gasteiger partial charge < -0.3 is 15.2 Å². The fraction of sp³-hybridized carbons (Fsp3) is 0.636. The van der Waals surface area contributed by atoms with Crippen LogP contribution in [0.4, 0.5) is 0 Å². The van der Waals surface area contributed by atoms with Crippen LogP contribution in [-0.4, -0.2) is 47.4 Å². The summed E-state index contributed by atoms with van der Waals surface area (Å²) < 4.78 is 0. The maximum Gasteiger partial charge on any atom is 0.250 e. The molecule has 0 spiro atoms. The zero-order valence-corrected chi connectivity index (χ0v) is 9.98. The van der Waals surface area contributed by atoms with E-state index in [1.54, 1.807) is 11.1 Å². The molecule has 2 heterocycles. The van der Waals surface area contributed by atoms with Gasteiger partial charge in [0.15, 0.2) is 0 Å². The number of hydrogen-bond acceptors (Lipinski definition) is 4. The van der Waals surface area contributed by atoms with Crippen molar-refractivity contribution < 1.29 is 9.59 Å². The molecule has 6 heteroatoms. The van der Waals surface area contributed by atoms with E-state index >= 15 is 0 Å². The Morgan fingerprint density at radius 3 is 3.18 bits per heavy atom. The van der Waals surface area contributed by atoms with Gasteiger partial charge in [0.05, 0.1) is 0 Å². The Morgan fingerprint density at radius 1 is 1.59 bits per heavy atom. The summed E-state index contributed by atoms with van der Waals surface area (Å²) in [6.07, 6.45) is 4.76. The average molecular weight is 238 g/mol. The molecule has 6 nitrogen and oxygen atoms in total. The Kier molecular flexibility index (Phi) is 3.63. The first-order valence-corrected chi connectivity index (χ1v) is 5.99. The van der Waals surface area contributed by atoms with E-state index < -0.39 is 0 Å². The van der Waals surface area contributed by atoms with E-state index in [-0.39, 0.29) is 17.9 Å². The molecule has 2 rings (SSSR count). The van der Waals surface area contributed by atoms with Crippen molar-refractivity contribution in [1.29, 1.82) is 0 Å². The third kappa shape index (κ3) is 2.58. The highest BCUT2D eigenvalue weighted by molar-refractivity contribution is 5.85. The Morgan fingerprint density at radius 2 is 2.41 bits per heavy atom. The molecule has 0 aliphatic carbocycles. The molecule has 0 aromatic rings. The number of fused-ring (bicyclic) bond motifs is 1. The summed E-state index contributed by atoms with van der Waals surface area (Å²) in [5.41, 5.74) is 3.11. The summed E-state index contributed by atoms with van der Waals surface area (Å²) in [6.45, 7) is 3.78. The molecular weight excluding hydrogens is 220 g/mol. The summed E-state index contributed by atoms with van der Waals surface area (Å²) in [7, 11) is 0. The van der Waals surface area contributed by atoms with Crippen LogP contribution in [0.15, 0.2) is 12.4 Å². The van der Waals surface area contributed by atoms with Gasteiger partial charge in [-0.15, -0.1) is 0 Å². The molecule has 0 bridgehead atoms. The van der Waals surface area contributed by atoms with Gasteiger partial charge in [0.1, 0.15) is 6.04 Å². The van der Waals surface area contributed by atoms with Gasteiger partial charge in [0.2, 0.25) is 5.91 Å². The zero-order valence-electron chi connectivity index (χ0n) is 9.98. The van der Waals surface area contributed by atoms with Crippen molar-refractivity contribution in [2.45, 2.75) is 25.8 Å². The van der Waals surface area contributed by atoms with E-state index in [1.165, 1.54) is 0 Å². The third-order valence-corrected chi connectivity index (χ3v) is 2.98. The minimum atomic E-state index is -0.103. The van der Waals surface area contributed by atoms with Gasteiger partial charge in [-0.3, -0.25) is 9.59 Å². The summed E-state index contributed by atoms with van der Waals surface area (Å²) in [5.74, 6) is 0.0578. The Bertz CT molecular complexity index is 342. The van der Waals surface area contributed by atoms with Gasteiger partial charge in [-0.25, -0.2) is 5.43 Å². The minimum Gasteiger partial charge on any atom is -0.356 e. The van der Waals surface area contributed by atoms with Crippen LogP contribution >= 0.6 is 0 Å². The first-order valence-electron chi connectivity index (χ1n) is 5.99. The average Bonchev–Trinajstić information content (AvgIpc) is 2.77. The van der Waals surface area contributed by atoms with Crippen LogP contribution in [0.25, 0.3) is 0 Å². The van der Waals surface area contributed by atoms with Crippen molar-refractivity contribution in [1.82, 2.24) is 20.7 Å². The quantitative estimate of drug-likeness (QED) is 0.687. The van der Waals surface area contributed by atoms with Gasteiger partial charge in [0, 0.05) is 38.5 Å². The van der Waals surface area contributed by atoms with E-state index in [2.05, 4.69) is 10.7 Å². The SMILES string of the molecule is CCNC(=O)CCN1C=CN2NCCC2C1=O. The van der Waals surface area contributed by atoms with Crippen LogP contribution in [0.2, 0.25) is 0 Å². The van der Waals surface area contributed by atoms with Crippen LogP contribution in [0, 0.1) is 0 Å². The molecule has 0 aromatic carbocycles. The molecule has 0 aromatic heterocycles. The van der Waals surface area contributed by atoms with Gasteiger partial charge in [-0.2, -0.15) is 0 Å². The van der Waals surface area contributed by atoms with Crippen LogP contribution in [-0.2, 0) is 9.59 Å². The fourth-order valence-corrected chi connectivity index (χ4v) is 2.09. The maximum atomic E-state index is 12.0. The molecule has 2 aliphatic heterocycles. The number of rotatable bonds is 4. The molecule has 1 fully saturated rings. The first-order chi connectivity index (χ1) is 8.22. The third-order valence-electron chi connectivity index (χ3n) is 2.98. The fourth-order valence-electron chi connectivity index (χ4n) is 2.09. The van der Waals surface area contributed by atoms with Crippen molar-refractivity contribution in [2.24, 2.45) is 0 Å². The van der Waals surface area contributed by atoms with Gasteiger partial charge >= 0.3 is 0 Å². The van der Waals surface area contributed by atoms with Gasteiger partial charge in [0.25, 0.3) is 5.91 Å². The smallest absolute Gasteiger partial charge is 0.250 e. The van der Waals surface area contributed by atoms with E-state index in [9.17, 15) is 9.59 Å². The van der Waals surface area contributed by atoms with E-state index in [0.717, 1.165) is 13.0 Å². The monoisotopic (exact) mass is 238 g/mol. The molecule has 1 saturated heterocycles. The number of carbonyl (C=O) groups excluding carboxylic acids is 2. The number of hydrazine groups is 1. The van der Waals surface area contributed by atoms with Gasteiger partial charge in [-0.05, 0) is 13.3 Å². The second-order valence-electron chi connectivity index (χ2n) is 4.15. The molecule has 1 atom stereocenters. The van der Waals surface area contributed by atoms with Crippen molar-refractivity contribution in [3.05, 3.63) is 12.4 Å². The second kappa shape index (κ2) is 5.18. The summed E-state index contributed by atoms with van der Waals surface area (Å²) >= 11 is 0. The first kappa shape index (κ1) is 11.9. The van der Waals surface area contributed by atoms with Crippen LogP contribution < -0.4 is 10.7 Å². The highest BCUT2D eigenvalue weighted by atomic mass is 16.2. The number of amides is 2. The molecule has 94 valence electrons. The predicted molar refractivity (Wildman–Crippen MR) is 62.4 cm³/mol. The Hall–Kier alpha value is -1.56. The van der Waals surface area contributed by atoms with Crippen molar-refractivity contribution in [3.8, 4) is 0 Å². The predicted octanol–water partition coefficient (Wildman–Crippen LogP) is -0.595. The standard InChI is InChI=1S/C11H18N4O2/c1-2-12-10(16)4-6-14-7-8-15-9(11(14)17)3-5-13-15/h7-9,13H,2-6H2,1H3,(H,12,16). The molecule has 2 amide bonds. The summed E-state index contributed by atoms with van der Waals surface area (Å²) in [4.78, 5) is 25.0. The highest BCUT2D eigenvalue weighted by Gasteiger charge is 2.34. The van der Waals surface area contributed by atoms with Crippen LogP contribution in [0.3, 0.4) is 0 Å². The number of hydrogen-bond donors (Lipinski definition) is 2. The lowest BCUT2D eigenvalue weighted by atomic mass is 10.1. The molecule has 0 radical (unpaired) electrons. The maximum absolute atomic E-state index is 12.0. The van der Waals surface area contributed by atoms with Crippen molar-refractivity contribution in [2.75, 3.05) is 19.6 Å². The summed E-state index contributed by atoms with van der Waals surface area (Å²) in [6, 6.07) is -0.103.